The number of amides is 1. The van der Waals surface area contributed by atoms with Gasteiger partial charge in [0.15, 0.2) is 5.79 Å². The number of hydrogen-bond acceptors (Lipinski definition) is 5. The van der Waals surface area contributed by atoms with Crippen LogP contribution in [-0.4, -0.2) is 74.6 Å². The first-order valence-corrected chi connectivity index (χ1v) is 9.00. The molecule has 3 rings (SSSR count). The highest BCUT2D eigenvalue weighted by atomic mass is 35.5. The molecule has 2 aliphatic rings. The monoisotopic (exact) mass is 368 g/mol. The topological polar surface area (TPSA) is 51.2 Å². The quantitative estimate of drug-likeness (QED) is 0.810. The van der Waals surface area contributed by atoms with E-state index in [1.165, 1.54) is 7.11 Å². The average molecular weight is 369 g/mol. The van der Waals surface area contributed by atoms with Gasteiger partial charge in [0.25, 0.3) is 0 Å². The Morgan fingerprint density at radius 2 is 2.04 bits per heavy atom. The molecule has 1 unspecified atom stereocenters. The van der Waals surface area contributed by atoms with E-state index in [0.717, 1.165) is 30.1 Å². The average Bonchev–Trinajstić information content (AvgIpc) is 2.79. The summed E-state index contributed by atoms with van der Waals surface area (Å²) < 4.78 is 17.0. The Hall–Kier alpha value is -1.18. The van der Waals surface area contributed by atoms with E-state index in [-0.39, 0.29) is 12.5 Å². The van der Waals surface area contributed by atoms with E-state index < -0.39 is 5.79 Å². The molecule has 1 spiro atoms. The summed E-state index contributed by atoms with van der Waals surface area (Å²) in [6.45, 7) is 4.41. The predicted molar refractivity (Wildman–Crippen MR) is 94.4 cm³/mol. The van der Waals surface area contributed by atoms with Gasteiger partial charge < -0.3 is 19.1 Å². The lowest BCUT2D eigenvalue weighted by atomic mass is 10.1. The fourth-order valence-corrected chi connectivity index (χ4v) is 3.58. The molecule has 0 saturated carbocycles. The molecule has 2 aliphatic heterocycles. The number of morpholine rings is 1. The maximum Gasteiger partial charge on any atom is 0.248 e. The third-order valence-corrected chi connectivity index (χ3v) is 4.95. The molecular weight excluding hydrogens is 344 g/mol. The van der Waals surface area contributed by atoms with Crippen LogP contribution in [0.5, 0.6) is 0 Å². The van der Waals surface area contributed by atoms with Gasteiger partial charge in [-0.2, -0.15) is 0 Å². The standard InChI is InChI=1S/C18H25ClN2O4/c1-23-12-17(22)21-8-10-25-18(14-21)13-20(7-4-9-24-18)11-15-5-2-3-6-16(15)19/h2-3,5-6H,4,7-14H2,1H3. The number of ether oxygens (including phenoxy) is 3. The van der Waals surface area contributed by atoms with E-state index in [1.54, 1.807) is 4.90 Å². The van der Waals surface area contributed by atoms with Crippen LogP contribution in [0.3, 0.4) is 0 Å². The maximum absolute atomic E-state index is 12.2. The number of methoxy groups -OCH3 is 1. The highest BCUT2D eigenvalue weighted by molar-refractivity contribution is 6.31. The minimum atomic E-state index is -0.778. The van der Waals surface area contributed by atoms with Gasteiger partial charge in [0.2, 0.25) is 5.91 Å². The molecule has 2 heterocycles. The van der Waals surface area contributed by atoms with Crippen LogP contribution >= 0.6 is 11.6 Å². The number of benzene rings is 1. The van der Waals surface area contributed by atoms with Gasteiger partial charge in [0, 0.05) is 31.8 Å². The van der Waals surface area contributed by atoms with Gasteiger partial charge in [-0.05, 0) is 18.1 Å². The summed E-state index contributed by atoms with van der Waals surface area (Å²) in [4.78, 5) is 16.2. The smallest absolute Gasteiger partial charge is 0.248 e. The van der Waals surface area contributed by atoms with Crippen LogP contribution in [0.1, 0.15) is 12.0 Å². The molecule has 138 valence electrons. The van der Waals surface area contributed by atoms with Crippen molar-refractivity contribution in [2.45, 2.75) is 18.8 Å². The lowest BCUT2D eigenvalue weighted by Crippen LogP contribution is -2.59. The lowest BCUT2D eigenvalue weighted by Gasteiger charge is -2.43. The first-order valence-electron chi connectivity index (χ1n) is 8.62. The van der Waals surface area contributed by atoms with Crippen LogP contribution in [0.15, 0.2) is 24.3 Å². The summed E-state index contributed by atoms with van der Waals surface area (Å²) in [7, 11) is 1.53. The van der Waals surface area contributed by atoms with E-state index in [2.05, 4.69) is 4.90 Å². The first-order chi connectivity index (χ1) is 12.1. The molecule has 0 aromatic heterocycles. The van der Waals surface area contributed by atoms with Crippen LogP contribution in [-0.2, 0) is 25.5 Å². The summed E-state index contributed by atoms with van der Waals surface area (Å²) in [6, 6.07) is 7.87. The van der Waals surface area contributed by atoms with E-state index in [4.69, 9.17) is 25.8 Å². The highest BCUT2D eigenvalue weighted by Gasteiger charge is 2.42. The van der Waals surface area contributed by atoms with Gasteiger partial charge in [-0.15, -0.1) is 0 Å². The number of carbonyl (C=O) groups is 1. The Labute approximate surface area is 153 Å². The van der Waals surface area contributed by atoms with E-state index in [9.17, 15) is 4.79 Å². The van der Waals surface area contributed by atoms with Gasteiger partial charge in [0.1, 0.15) is 6.61 Å². The molecule has 7 heteroatoms. The van der Waals surface area contributed by atoms with Gasteiger partial charge >= 0.3 is 0 Å². The molecule has 0 radical (unpaired) electrons. The molecule has 2 saturated heterocycles. The summed E-state index contributed by atoms with van der Waals surface area (Å²) >= 11 is 6.31. The van der Waals surface area contributed by atoms with Crippen LogP contribution < -0.4 is 0 Å². The molecule has 2 fully saturated rings. The molecule has 0 aliphatic carbocycles. The zero-order valence-corrected chi connectivity index (χ0v) is 15.3. The Morgan fingerprint density at radius 1 is 1.24 bits per heavy atom. The third kappa shape index (κ3) is 4.71. The number of rotatable bonds is 4. The fraction of sp³-hybridized carbons (Fsp3) is 0.611. The van der Waals surface area contributed by atoms with E-state index >= 15 is 0 Å². The molecule has 25 heavy (non-hydrogen) atoms. The molecule has 1 aromatic rings. The molecule has 1 aromatic carbocycles. The number of hydrogen-bond donors (Lipinski definition) is 0. The number of nitrogens with zero attached hydrogens (tertiary/aromatic N) is 2. The van der Waals surface area contributed by atoms with Crippen LogP contribution in [0.25, 0.3) is 0 Å². The second-order valence-electron chi connectivity index (χ2n) is 6.51. The van der Waals surface area contributed by atoms with Crippen molar-refractivity contribution >= 4 is 17.5 Å². The fourth-order valence-electron chi connectivity index (χ4n) is 3.38. The van der Waals surface area contributed by atoms with Crippen molar-refractivity contribution in [3.05, 3.63) is 34.9 Å². The molecule has 0 N–H and O–H groups in total. The van der Waals surface area contributed by atoms with Gasteiger partial charge in [-0.1, -0.05) is 29.8 Å². The van der Waals surface area contributed by atoms with Gasteiger partial charge in [-0.25, -0.2) is 0 Å². The Bertz CT molecular complexity index is 600. The zero-order chi connectivity index (χ0) is 17.7. The predicted octanol–water partition coefficient (Wildman–Crippen LogP) is 1.76. The van der Waals surface area contributed by atoms with Gasteiger partial charge in [-0.3, -0.25) is 9.69 Å². The Balaban J connectivity index is 1.70. The minimum absolute atomic E-state index is 0.0318. The van der Waals surface area contributed by atoms with Crippen molar-refractivity contribution < 1.29 is 19.0 Å². The van der Waals surface area contributed by atoms with Crippen molar-refractivity contribution in [3.63, 3.8) is 0 Å². The van der Waals surface area contributed by atoms with Crippen LogP contribution in [0, 0.1) is 0 Å². The van der Waals surface area contributed by atoms with Crippen LogP contribution in [0.2, 0.25) is 5.02 Å². The SMILES string of the molecule is COCC(=O)N1CCOC2(CN(Cc3ccccc3Cl)CCCO2)C1. The first kappa shape index (κ1) is 18.6. The van der Waals surface area contributed by atoms with E-state index in [1.807, 2.05) is 24.3 Å². The molecule has 1 atom stereocenters. The van der Waals surface area contributed by atoms with Crippen molar-refractivity contribution in [2.24, 2.45) is 0 Å². The van der Waals surface area contributed by atoms with E-state index in [0.29, 0.717) is 32.8 Å². The summed E-state index contributed by atoms with van der Waals surface area (Å²) in [5.74, 6) is -0.810. The zero-order valence-electron chi connectivity index (χ0n) is 14.6. The number of halogens is 1. The lowest BCUT2D eigenvalue weighted by molar-refractivity contribution is -0.265. The maximum atomic E-state index is 12.2. The Morgan fingerprint density at radius 3 is 2.84 bits per heavy atom. The van der Waals surface area contributed by atoms with Crippen molar-refractivity contribution in [1.82, 2.24) is 9.80 Å². The second kappa shape index (κ2) is 8.47. The summed E-state index contributed by atoms with van der Waals surface area (Å²) in [6.07, 6.45) is 0.918. The normalized spacial score (nSPS) is 25.1. The number of carbonyl (C=O) groups excluding carboxylic acids is 1. The van der Waals surface area contributed by atoms with Crippen molar-refractivity contribution in [1.29, 1.82) is 0 Å². The van der Waals surface area contributed by atoms with Gasteiger partial charge in [0.05, 0.1) is 26.3 Å². The van der Waals surface area contributed by atoms with Crippen LogP contribution in [0.4, 0.5) is 0 Å². The minimum Gasteiger partial charge on any atom is -0.375 e. The third-order valence-electron chi connectivity index (χ3n) is 4.58. The second-order valence-corrected chi connectivity index (χ2v) is 6.92. The largest absolute Gasteiger partial charge is 0.375 e. The molecular formula is C18H25ClN2O4. The molecule has 0 bridgehead atoms. The summed E-state index contributed by atoms with van der Waals surface area (Å²) in [5, 5.41) is 0.767. The highest BCUT2D eigenvalue weighted by Crippen LogP contribution is 2.26. The summed E-state index contributed by atoms with van der Waals surface area (Å²) in [5.41, 5.74) is 1.09. The van der Waals surface area contributed by atoms with Crippen molar-refractivity contribution in [2.75, 3.05) is 53.1 Å². The van der Waals surface area contributed by atoms with Crippen molar-refractivity contribution in [3.8, 4) is 0 Å². The Kier molecular flexibility index (Phi) is 6.30. The molecule has 6 nitrogen and oxygen atoms in total. The molecule has 1 amide bonds.